The summed E-state index contributed by atoms with van der Waals surface area (Å²) >= 11 is 0. The van der Waals surface area contributed by atoms with Crippen molar-refractivity contribution < 1.29 is 30.0 Å². The third kappa shape index (κ3) is 6.84. The number of carbonyl (C=O) groups excluding carboxylic acids is 1. The number of Topliss-reactive ketones (excluding diaryl/α,β-unsaturated/α-hetero) is 1. The molecule has 0 amide bonds. The van der Waals surface area contributed by atoms with Crippen LogP contribution >= 0.6 is 0 Å². The molecule has 0 aromatic rings. The highest BCUT2D eigenvalue weighted by Gasteiger charge is 2.30. The van der Waals surface area contributed by atoms with Crippen molar-refractivity contribution in [2.24, 2.45) is 5.92 Å². The predicted octanol–water partition coefficient (Wildman–Crippen LogP) is 0.250. The van der Waals surface area contributed by atoms with Gasteiger partial charge < -0.3 is 25.2 Å². The molecule has 0 aliphatic rings. The summed E-state index contributed by atoms with van der Waals surface area (Å²) in [5.74, 6) is -0.0252. The average Bonchev–Trinajstić information content (AvgIpc) is 2.45. The van der Waals surface area contributed by atoms with Crippen LogP contribution in [0.3, 0.4) is 0 Å². The Balaban J connectivity index is 4.52. The van der Waals surface area contributed by atoms with E-state index in [9.17, 15) is 25.2 Å². The lowest BCUT2D eigenvalue weighted by Gasteiger charge is -2.29. The summed E-state index contributed by atoms with van der Waals surface area (Å²) in [7, 11) is 0. The van der Waals surface area contributed by atoms with Gasteiger partial charge in [-0.05, 0) is 26.7 Å². The molecule has 5 atom stereocenters. The quantitative estimate of drug-likeness (QED) is 0.436. The lowest BCUT2D eigenvalue weighted by Crippen LogP contribution is -2.45. The van der Waals surface area contributed by atoms with Crippen LogP contribution in [0.1, 0.15) is 47.0 Å². The Kier molecular flexibility index (Phi) is 9.98. The number of ether oxygens (including phenoxy) is 1. The SMILES string of the molecule is CCC(CC)C(=O)CC(CO)OC(C)C(O)C(O)C(C)O. The molecule has 0 bridgehead atoms. The van der Waals surface area contributed by atoms with E-state index in [-0.39, 0.29) is 24.7 Å². The van der Waals surface area contributed by atoms with Crippen LogP contribution in [0.2, 0.25) is 0 Å². The van der Waals surface area contributed by atoms with E-state index >= 15 is 0 Å². The maximum atomic E-state index is 12.0. The van der Waals surface area contributed by atoms with Gasteiger partial charge in [-0.25, -0.2) is 0 Å². The number of carbonyl (C=O) groups is 1. The fourth-order valence-electron chi connectivity index (χ4n) is 2.24. The summed E-state index contributed by atoms with van der Waals surface area (Å²) in [6.07, 6.45) is -3.69. The zero-order valence-electron chi connectivity index (χ0n) is 13.4. The van der Waals surface area contributed by atoms with Crippen LogP contribution in [0.15, 0.2) is 0 Å². The van der Waals surface area contributed by atoms with E-state index in [1.54, 1.807) is 0 Å². The van der Waals surface area contributed by atoms with Gasteiger partial charge in [-0.15, -0.1) is 0 Å². The summed E-state index contributed by atoms with van der Waals surface area (Å²) in [6, 6.07) is 0. The molecule has 21 heavy (non-hydrogen) atoms. The van der Waals surface area contributed by atoms with Crippen LogP contribution < -0.4 is 0 Å². The van der Waals surface area contributed by atoms with Crippen LogP contribution in [-0.4, -0.2) is 63.3 Å². The second kappa shape index (κ2) is 10.2. The lowest BCUT2D eigenvalue weighted by molar-refractivity contribution is -0.146. The third-order valence-electron chi connectivity index (χ3n) is 3.81. The van der Waals surface area contributed by atoms with E-state index in [1.807, 2.05) is 13.8 Å². The zero-order valence-corrected chi connectivity index (χ0v) is 13.4. The van der Waals surface area contributed by atoms with Crippen molar-refractivity contribution in [3.05, 3.63) is 0 Å². The number of hydrogen-bond donors (Lipinski definition) is 4. The Morgan fingerprint density at radius 2 is 1.57 bits per heavy atom. The normalized spacial score (nSPS) is 19.1. The topological polar surface area (TPSA) is 107 Å². The van der Waals surface area contributed by atoms with Crippen molar-refractivity contribution in [2.45, 2.75) is 77.5 Å². The number of rotatable bonds is 11. The highest BCUT2D eigenvalue weighted by molar-refractivity contribution is 5.81. The Labute approximate surface area is 126 Å². The van der Waals surface area contributed by atoms with Gasteiger partial charge in [0.1, 0.15) is 18.0 Å². The first kappa shape index (κ1) is 20.5. The van der Waals surface area contributed by atoms with Gasteiger partial charge >= 0.3 is 0 Å². The van der Waals surface area contributed by atoms with Gasteiger partial charge in [0.2, 0.25) is 0 Å². The molecule has 0 aliphatic carbocycles. The van der Waals surface area contributed by atoms with Gasteiger partial charge in [0.25, 0.3) is 0 Å². The molecule has 0 aromatic carbocycles. The Bertz CT molecular complexity index is 290. The number of aliphatic hydroxyl groups is 4. The Morgan fingerprint density at radius 3 is 1.95 bits per heavy atom. The first-order chi connectivity index (χ1) is 9.78. The molecular weight excluding hydrogens is 276 g/mol. The van der Waals surface area contributed by atoms with Crippen molar-refractivity contribution in [3.63, 3.8) is 0 Å². The maximum Gasteiger partial charge on any atom is 0.138 e. The van der Waals surface area contributed by atoms with E-state index in [4.69, 9.17) is 4.74 Å². The van der Waals surface area contributed by atoms with E-state index in [0.717, 1.165) is 12.8 Å². The molecular formula is C15H30O6. The Morgan fingerprint density at radius 1 is 1.05 bits per heavy atom. The van der Waals surface area contributed by atoms with Gasteiger partial charge in [0.05, 0.1) is 24.9 Å². The zero-order chi connectivity index (χ0) is 16.6. The summed E-state index contributed by atoms with van der Waals surface area (Å²) in [4.78, 5) is 12.0. The van der Waals surface area contributed by atoms with Crippen molar-refractivity contribution in [3.8, 4) is 0 Å². The van der Waals surface area contributed by atoms with Crippen LogP contribution in [0, 0.1) is 5.92 Å². The predicted molar refractivity (Wildman–Crippen MR) is 78.8 cm³/mol. The molecule has 5 unspecified atom stereocenters. The molecule has 0 aliphatic heterocycles. The van der Waals surface area contributed by atoms with E-state index in [0.29, 0.717) is 0 Å². The summed E-state index contributed by atoms with van der Waals surface area (Å²) in [5.41, 5.74) is 0. The minimum atomic E-state index is -1.34. The first-order valence-corrected chi connectivity index (χ1v) is 7.61. The maximum absolute atomic E-state index is 12.0. The van der Waals surface area contributed by atoms with Crippen LogP contribution in [0.4, 0.5) is 0 Å². The number of ketones is 1. The standard InChI is InChI=1S/C15H30O6/c1-5-11(6-2)13(18)7-12(8-16)21-10(4)15(20)14(19)9(3)17/h9-12,14-17,19-20H,5-8H2,1-4H3. The molecule has 126 valence electrons. The molecule has 0 rings (SSSR count). The summed E-state index contributed by atoms with van der Waals surface area (Å²) < 4.78 is 5.45. The lowest BCUT2D eigenvalue weighted by atomic mass is 9.94. The van der Waals surface area contributed by atoms with Crippen LogP contribution in [-0.2, 0) is 9.53 Å². The average molecular weight is 306 g/mol. The van der Waals surface area contributed by atoms with E-state index < -0.39 is 30.5 Å². The van der Waals surface area contributed by atoms with Gasteiger partial charge in [0, 0.05) is 12.3 Å². The smallest absolute Gasteiger partial charge is 0.138 e. The number of hydrogen-bond acceptors (Lipinski definition) is 6. The fraction of sp³-hybridized carbons (Fsp3) is 0.933. The molecule has 0 aromatic heterocycles. The van der Waals surface area contributed by atoms with Gasteiger partial charge in [-0.1, -0.05) is 13.8 Å². The number of aliphatic hydroxyl groups excluding tert-OH is 4. The molecule has 4 N–H and O–H groups in total. The van der Waals surface area contributed by atoms with Crippen LogP contribution in [0.25, 0.3) is 0 Å². The molecule has 6 heteroatoms. The van der Waals surface area contributed by atoms with Crippen molar-refractivity contribution in [1.29, 1.82) is 0 Å². The van der Waals surface area contributed by atoms with Gasteiger partial charge in [0.15, 0.2) is 0 Å². The van der Waals surface area contributed by atoms with Crippen molar-refractivity contribution in [2.75, 3.05) is 6.61 Å². The molecule has 6 nitrogen and oxygen atoms in total. The molecule has 0 fully saturated rings. The molecule has 0 spiro atoms. The second-order valence-electron chi connectivity index (χ2n) is 5.55. The largest absolute Gasteiger partial charge is 0.394 e. The summed E-state index contributed by atoms with van der Waals surface area (Å²) in [5, 5.41) is 38.0. The van der Waals surface area contributed by atoms with Gasteiger partial charge in [-0.3, -0.25) is 4.79 Å². The van der Waals surface area contributed by atoms with Gasteiger partial charge in [-0.2, -0.15) is 0 Å². The van der Waals surface area contributed by atoms with Crippen molar-refractivity contribution >= 4 is 5.78 Å². The third-order valence-corrected chi connectivity index (χ3v) is 3.81. The highest BCUT2D eigenvalue weighted by Crippen LogP contribution is 2.16. The minimum Gasteiger partial charge on any atom is -0.394 e. The molecule has 0 saturated carbocycles. The monoisotopic (exact) mass is 306 g/mol. The van der Waals surface area contributed by atoms with E-state index in [2.05, 4.69) is 0 Å². The molecule has 0 saturated heterocycles. The molecule has 0 radical (unpaired) electrons. The first-order valence-electron chi connectivity index (χ1n) is 7.61. The fourth-order valence-corrected chi connectivity index (χ4v) is 2.24. The second-order valence-corrected chi connectivity index (χ2v) is 5.55. The van der Waals surface area contributed by atoms with Crippen LogP contribution in [0.5, 0.6) is 0 Å². The minimum absolute atomic E-state index is 0.0248. The van der Waals surface area contributed by atoms with E-state index in [1.165, 1.54) is 13.8 Å². The molecule has 0 heterocycles. The summed E-state index contributed by atoms with van der Waals surface area (Å²) in [6.45, 7) is 6.42. The Hall–Kier alpha value is -0.530. The highest BCUT2D eigenvalue weighted by atomic mass is 16.5. The van der Waals surface area contributed by atoms with Crippen molar-refractivity contribution in [1.82, 2.24) is 0 Å².